The van der Waals surface area contributed by atoms with Crippen LogP contribution in [0.4, 0.5) is 4.39 Å². The van der Waals surface area contributed by atoms with Crippen LogP contribution in [0.3, 0.4) is 0 Å². The lowest BCUT2D eigenvalue weighted by atomic mass is 10.1. The van der Waals surface area contributed by atoms with E-state index in [0.29, 0.717) is 28.4 Å². The molecule has 33 heavy (non-hydrogen) atoms. The summed E-state index contributed by atoms with van der Waals surface area (Å²) >= 11 is 0. The normalized spacial score (nSPS) is 13.3. The van der Waals surface area contributed by atoms with Crippen LogP contribution in [0, 0.1) is 5.82 Å². The quantitative estimate of drug-likeness (QED) is 0.306. The standard InChI is InChI=1S/C25H19FO7/c1-29-19-11-8-14(23(30-2)24(19)31-3)12-21-22(27)17-10-9-15(13-20(17)33-21)32-25(28)16-6-4-5-7-18(16)26/h4-13H,1-3H3. The predicted octanol–water partition coefficient (Wildman–Crippen LogP) is 4.69. The minimum Gasteiger partial charge on any atom is -0.493 e. The first-order valence-electron chi connectivity index (χ1n) is 9.80. The molecule has 0 spiro atoms. The second-order valence-corrected chi connectivity index (χ2v) is 6.89. The van der Waals surface area contributed by atoms with Crippen LogP contribution in [0.15, 0.2) is 60.4 Å². The first-order chi connectivity index (χ1) is 16.0. The van der Waals surface area contributed by atoms with Gasteiger partial charge >= 0.3 is 5.97 Å². The molecular formula is C25H19FO7. The lowest BCUT2D eigenvalue weighted by Gasteiger charge is -2.14. The number of hydrogen-bond donors (Lipinski definition) is 0. The van der Waals surface area contributed by atoms with E-state index in [-0.39, 0.29) is 28.6 Å². The number of fused-ring (bicyclic) bond motifs is 1. The summed E-state index contributed by atoms with van der Waals surface area (Å²) in [6.45, 7) is 0. The number of esters is 1. The maximum Gasteiger partial charge on any atom is 0.346 e. The monoisotopic (exact) mass is 450 g/mol. The number of halogens is 1. The Labute approximate surface area is 188 Å². The van der Waals surface area contributed by atoms with E-state index < -0.39 is 11.8 Å². The van der Waals surface area contributed by atoms with Gasteiger partial charge in [0.25, 0.3) is 0 Å². The number of rotatable bonds is 6. The van der Waals surface area contributed by atoms with Gasteiger partial charge in [-0.15, -0.1) is 0 Å². The maximum absolute atomic E-state index is 13.8. The first kappa shape index (κ1) is 21.9. The highest BCUT2D eigenvalue weighted by atomic mass is 19.1. The molecule has 8 heteroatoms. The van der Waals surface area contributed by atoms with Crippen molar-refractivity contribution in [3.05, 3.63) is 82.9 Å². The summed E-state index contributed by atoms with van der Waals surface area (Å²) in [6, 6.07) is 13.2. The van der Waals surface area contributed by atoms with Crippen molar-refractivity contribution in [1.29, 1.82) is 0 Å². The molecule has 0 fully saturated rings. The molecule has 0 aliphatic carbocycles. The molecule has 0 saturated heterocycles. The van der Waals surface area contributed by atoms with Gasteiger partial charge < -0.3 is 23.7 Å². The van der Waals surface area contributed by atoms with Gasteiger partial charge in [0.1, 0.15) is 17.3 Å². The van der Waals surface area contributed by atoms with E-state index in [2.05, 4.69) is 0 Å². The van der Waals surface area contributed by atoms with Crippen molar-refractivity contribution < 1.29 is 37.7 Å². The van der Waals surface area contributed by atoms with Crippen LogP contribution in [0.2, 0.25) is 0 Å². The van der Waals surface area contributed by atoms with Gasteiger partial charge in [-0.3, -0.25) is 4.79 Å². The number of Topliss-reactive ketones (excluding diaryl/α,β-unsaturated/α-hetero) is 1. The summed E-state index contributed by atoms with van der Waals surface area (Å²) in [5, 5.41) is 0. The van der Waals surface area contributed by atoms with Gasteiger partial charge in [-0.2, -0.15) is 0 Å². The van der Waals surface area contributed by atoms with E-state index >= 15 is 0 Å². The average molecular weight is 450 g/mol. The van der Waals surface area contributed by atoms with Crippen LogP contribution in [-0.4, -0.2) is 33.1 Å². The number of ketones is 1. The molecule has 0 atom stereocenters. The smallest absolute Gasteiger partial charge is 0.346 e. The van der Waals surface area contributed by atoms with Gasteiger partial charge in [-0.25, -0.2) is 9.18 Å². The largest absolute Gasteiger partial charge is 0.493 e. The van der Waals surface area contributed by atoms with Crippen LogP contribution in [0.25, 0.3) is 6.08 Å². The topological polar surface area (TPSA) is 80.3 Å². The highest BCUT2D eigenvalue weighted by molar-refractivity contribution is 6.14. The van der Waals surface area contributed by atoms with Crippen molar-refractivity contribution >= 4 is 17.8 Å². The molecule has 0 bridgehead atoms. The lowest BCUT2D eigenvalue weighted by molar-refractivity contribution is 0.0729. The van der Waals surface area contributed by atoms with Crippen LogP contribution < -0.4 is 23.7 Å². The average Bonchev–Trinajstić information content (AvgIpc) is 3.13. The number of methoxy groups -OCH3 is 3. The fourth-order valence-electron chi connectivity index (χ4n) is 3.40. The molecule has 0 amide bonds. The van der Waals surface area contributed by atoms with Gasteiger partial charge in [0.2, 0.25) is 11.5 Å². The molecule has 0 N–H and O–H groups in total. The SMILES string of the molecule is COc1ccc(C=C2Oc3cc(OC(=O)c4ccccc4F)ccc3C2=O)c(OC)c1OC. The summed E-state index contributed by atoms with van der Waals surface area (Å²) in [4.78, 5) is 25.1. The zero-order chi connectivity index (χ0) is 23.5. The van der Waals surface area contributed by atoms with Gasteiger partial charge in [0, 0.05) is 11.6 Å². The van der Waals surface area contributed by atoms with E-state index in [9.17, 15) is 14.0 Å². The molecule has 1 aliphatic rings. The molecule has 1 aliphatic heterocycles. The van der Waals surface area contributed by atoms with E-state index in [4.69, 9.17) is 23.7 Å². The molecule has 0 unspecified atom stereocenters. The third-order valence-electron chi connectivity index (χ3n) is 4.97. The minimum atomic E-state index is -0.858. The molecule has 0 radical (unpaired) electrons. The third kappa shape index (κ3) is 4.10. The van der Waals surface area contributed by atoms with E-state index in [1.54, 1.807) is 12.1 Å². The van der Waals surface area contributed by atoms with Crippen molar-refractivity contribution in [1.82, 2.24) is 0 Å². The van der Waals surface area contributed by atoms with Crippen molar-refractivity contribution in [3.8, 4) is 28.7 Å². The Balaban J connectivity index is 1.61. The van der Waals surface area contributed by atoms with E-state index in [1.807, 2.05) is 0 Å². The Kier molecular flexibility index (Phi) is 5.99. The molecule has 3 aromatic carbocycles. The Morgan fingerprint density at radius 2 is 1.70 bits per heavy atom. The second kappa shape index (κ2) is 9.04. The summed E-state index contributed by atoms with van der Waals surface area (Å²) in [7, 11) is 4.46. The van der Waals surface area contributed by atoms with E-state index in [0.717, 1.165) is 0 Å². The first-order valence-corrected chi connectivity index (χ1v) is 9.80. The second-order valence-electron chi connectivity index (χ2n) is 6.89. The van der Waals surface area contributed by atoms with Crippen LogP contribution in [-0.2, 0) is 0 Å². The Hall–Kier alpha value is -4.33. The van der Waals surface area contributed by atoms with E-state index in [1.165, 1.54) is 69.9 Å². The zero-order valence-electron chi connectivity index (χ0n) is 18.0. The molecule has 0 saturated carbocycles. The zero-order valence-corrected chi connectivity index (χ0v) is 18.0. The molecule has 3 aromatic rings. The Morgan fingerprint density at radius 1 is 0.939 bits per heavy atom. The van der Waals surface area contributed by atoms with Crippen LogP contribution in [0.5, 0.6) is 28.7 Å². The highest BCUT2D eigenvalue weighted by Crippen LogP contribution is 2.42. The number of benzene rings is 3. The fourth-order valence-corrected chi connectivity index (χ4v) is 3.40. The molecule has 0 aromatic heterocycles. The summed E-state index contributed by atoms with van der Waals surface area (Å²) < 4.78 is 40.9. The number of carbonyl (C=O) groups is 2. The lowest BCUT2D eigenvalue weighted by Crippen LogP contribution is -2.10. The highest BCUT2D eigenvalue weighted by Gasteiger charge is 2.29. The van der Waals surface area contributed by atoms with Gasteiger partial charge in [0.05, 0.1) is 32.5 Å². The Morgan fingerprint density at radius 3 is 2.39 bits per heavy atom. The number of carbonyl (C=O) groups excluding carboxylic acids is 2. The number of allylic oxidation sites excluding steroid dienone is 1. The summed E-state index contributed by atoms with van der Waals surface area (Å²) in [5.41, 5.74) is 0.639. The van der Waals surface area contributed by atoms with Gasteiger partial charge in [-0.05, 0) is 42.5 Å². The minimum absolute atomic E-state index is 0.0492. The van der Waals surface area contributed by atoms with Crippen molar-refractivity contribution in [2.45, 2.75) is 0 Å². The molecular weight excluding hydrogens is 431 g/mol. The summed E-state index contributed by atoms with van der Waals surface area (Å²) in [5.74, 6) is -0.311. The van der Waals surface area contributed by atoms with Crippen LogP contribution in [0.1, 0.15) is 26.3 Å². The molecule has 7 nitrogen and oxygen atoms in total. The summed E-state index contributed by atoms with van der Waals surface area (Å²) in [6.07, 6.45) is 1.52. The molecule has 4 rings (SSSR count). The fraction of sp³-hybridized carbons (Fsp3) is 0.120. The molecule has 1 heterocycles. The predicted molar refractivity (Wildman–Crippen MR) is 117 cm³/mol. The van der Waals surface area contributed by atoms with Crippen molar-refractivity contribution in [3.63, 3.8) is 0 Å². The van der Waals surface area contributed by atoms with Crippen LogP contribution >= 0.6 is 0 Å². The number of ether oxygens (including phenoxy) is 5. The van der Waals surface area contributed by atoms with Crippen molar-refractivity contribution in [2.24, 2.45) is 0 Å². The third-order valence-corrected chi connectivity index (χ3v) is 4.97. The van der Waals surface area contributed by atoms with Crippen molar-refractivity contribution in [2.75, 3.05) is 21.3 Å². The number of hydrogen-bond acceptors (Lipinski definition) is 7. The maximum atomic E-state index is 13.8. The Bertz CT molecular complexity index is 1280. The molecule has 168 valence electrons. The van der Waals surface area contributed by atoms with Gasteiger partial charge in [-0.1, -0.05) is 12.1 Å². The van der Waals surface area contributed by atoms with Gasteiger partial charge in [0.15, 0.2) is 17.3 Å².